The summed E-state index contributed by atoms with van der Waals surface area (Å²) >= 11 is 11.3. The lowest BCUT2D eigenvalue weighted by atomic mass is 9.87. The highest BCUT2D eigenvalue weighted by Crippen LogP contribution is 2.40. The zero-order valence-electron chi connectivity index (χ0n) is 14.8. The Labute approximate surface area is 176 Å². The highest BCUT2D eigenvalue weighted by atomic mass is 79.9. The molecule has 140 valence electrons. The minimum Gasteiger partial charge on any atom is -0.247 e. The third-order valence-corrected chi connectivity index (χ3v) is 6.64. The van der Waals surface area contributed by atoms with E-state index in [0.717, 1.165) is 51.7 Å². The van der Waals surface area contributed by atoms with Crippen LogP contribution in [0.15, 0.2) is 47.1 Å². The van der Waals surface area contributed by atoms with Gasteiger partial charge in [-0.25, -0.2) is 14.2 Å². The second-order valence-electron chi connectivity index (χ2n) is 6.55. The van der Waals surface area contributed by atoms with Crippen LogP contribution in [0.25, 0.3) is 21.7 Å². The molecule has 0 unspecified atom stereocenters. The predicted molar refractivity (Wildman–Crippen MR) is 116 cm³/mol. The average Bonchev–Trinajstić information content (AvgIpc) is 2.81. The summed E-state index contributed by atoms with van der Waals surface area (Å²) in [7, 11) is 1.52. The lowest BCUT2D eigenvalue weighted by Gasteiger charge is -2.29. The van der Waals surface area contributed by atoms with Gasteiger partial charge in [0, 0.05) is 54.9 Å². The summed E-state index contributed by atoms with van der Waals surface area (Å²) in [6.07, 6.45) is 3.94. The summed E-state index contributed by atoms with van der Waals surface area (Å²) < 4.78 is 8.23. The summed E-state index contributed by atoms with van der Waals surface area (Å²) in [6.45, 7) is 1.86. The standard InChI is InChI=1S/C20H19BrClN2O2S/c1-25-26-27-24-9-6-13(7-10-24)19-16-5-4-15(22)12-17(16)18(21)11-14-3-2-8-23-20(14)19/h2-5,8,11-13H,6-7,9-10H2,1H3/q+1. The first-order chi connectivity index (χ1) is 13.2. The number of hydrogen-bond donors (Lipinski definition) is 0. The molecule has 2 aromatic carbocycles. The monoisotopic (exact) mass is 465 g/mol. The van der Waals surface area contributed by atoms with Crippen LogP contribution in [0.2, 0.25) is 5.02 Å². The largest absolute Gasteiger partial charge is 0.247 e. The first-order valence-corrected chi connectivity index (χ1v) is 10.7. The topological polar surface area (TPSA) is 34.6 Å². The molecule has 0 radical (unpaired) electrons. The molecule has 1 aliphatic rings. The summed E-state index contributed by atoms with van der Waals surface area (Å²) in [5.41, 5.74) is 2.37. The van der Waals surface area contributed by atoms with Gasteiger partial charge < -0.3 is 0 Å². The molecule has 3 aromatic rings. The van der Waals surface area contributed by atoms with E-state index in [1.165, 1.54) is 30.3 Å². The SMILES string of the molecule is COOSN1CCC(c2c3ncccc3cc(Br)[c+]3cc(Cl)ccc23)CC1. The quantitative estimate of drug-likeness (QED) is 0.146. The Balaban J connectivity index is 1.84. The third-order valence-electron chi connectivity index (χ3n) is 4.97. The number of hydrogen-bond acceptors (Lipinski definition) is 5. The molecule has 2 heterocycles. The van der Waals surface area contributed by atoms with Crippen molar-refractivity contribution < 1.29 is 9.22 Å². The van der Waals surface area contributed by atoms with Gasteiger partial charge in [0.25, 0.3) is 0 Å². The van der Waals surface area contributed by atoms with Crippen molar-refractivity contribution in [3.63, 3.8) is 0 Å². The van der Waals surface area contributed by atoms with Crippen LogP contribution >= 0.6 is 39.8 Å². The molecule has 7 heteroatoms. The molecule has 0 spiro atoms. The molecular weight excluding hydrogens is 448 g/mol. The van der Waals surface area contributed by atoms with Gasteiger partial charge in [-0.15, -0.1) is 4.33 Å². The molecule has 1 saturated heterocycles. The van der Waals surface area contributed by atoms with Crippen LogP contribution in [0.5, 0.6) is 0 Å². The molecule has 0 saturated carbocycles. The highest BCUT2D eigenvalue weighted by molar-refractivity contribution is 9.10. The van der Waals surface area contributed by atoms with E-state index in [1.807, 2.05) is 24.4 Å². The van der Waals surface area contributed by atoms with Crippen LogP contribution in [-0.4, -0.2) is 29.5 Å². The Morgan fingerprint density at radius 1 is 1.30 bits per heavy atom. The fourth-order valence-electron chi connectivity index (χ4n) is 3.76. The van der Waals surface area contributed by atoms with Crippen LogP contribution in [0.1, 0.15) is 24.3 Å². The fraction of sp³-hybridized carbons (Fsp3) is 0.300. The number of pyridine rings is 1. The normalized spacial score (nSPS) is 16.3. The van der Waals surface area contributed by atoms with Gasteiger partial charge in [0.1, 0.15) is 22.8 Å². The Morgan fingerprint density at radius 2 is 2.11 bits per heavy atom. The number of piperidine rings is 1. The van der Waals surface area contributed by atoms with Gasteiger partial charge in [0.05, 0.1) is 27.9 Å². The maximum absolute atomic E-state index is 6.30. The number of benzene rings is 1. The second-order valence-corrected chi connectivity index (χ2v) is 8.64. The van der Waals surface area contributed by atoms with Gasteiger partial charge in [0.15, 0.2) is 0 Å². The van der Waals surface area contributed by atoms with Gasteiger partial charge in [-0.3, -0.25) is 0 Å². The van der Waals surface area contributed by atoms with Crippen LogP contribution < -0.4 is 0 Å². The minimum absolute atomic E-state index is 0.421. The zero-order valence-corrected chi connectivity index (χ0v) is 18.0. The Bertz CT molecular complexity index is 987. The van der Waals surface area contributed by atoms with E-state index in [1.54, 1.807) is 0 Å². The average molecular weight is 467 g/mol. The highest BCUT2D eigenvalue weighted by Gasteiger charge is 2.28. The fourth-order valence-corrected chi connectivity index (χ4v) is 5.01. The van der Waals surface area contributed by atoms with Crippen LogP contribution in [-0.2, 0) is 9.22 Å². The number of rotatable bonds is 4. The molecule has 0 amide bonds. The van der Waals surface area contributed by atoms with Crippen LogP contribution in [0, 0.1) is 0 Å². The van der Waals surface area contributed by atoms with Crippen molar-refractivity contribution in [1.29, 1.82) is 0 Å². The molecule has 0 N–H and O–H groups in total. The van der Waals surface area contributed by atoms with E-state index in [2.05, 4.69) is 38.4 Å². The lowest BCUT2D eigenvalue weighted by molar-refractivity contribution is -0.163. The smallest absolute Gasteiger partial charge is 0.121 e. The van der Waals surface area contributed by atoms with Gasteiger partial charge in [-0.2, -0.15) is 0 Å². The van der Waals surface area contributed by atoms with Gasteiger partial charge >= 0.3 is 0 Å². The maximum Gasteiger partial charge on any atom is 0.121 e. The Hall–Kier alpha value is -1.02. The van der Waals surface area contributed by atoms with Gasteiger partial charge in [-0.1, -0.05) is 0 Å². The Kier molecular flexibility index (Phi) is 6.12. The molecule has 0 aliphatic carbocycles. The summed E-state index contributed by atoms with van der Waals surface area (Å²) in [4.78, 5) is 9.46. The van der Waals surface area contributed by atoms with Crippen molar-refractivity contribution in [2.45, 2.75) is 18.8 Å². The van der Waals surface area contributed by atoms with Crippen molar-refractivity contribution in [1.82, 2.24) is 9.29 Å². The summed E-state index contributed by atoms with van der Waals surface area (Å²) in [6, 6.07) is 12.4. The molecule has 27 heavy (non-hydrogen) atoms. The number of nitrogens with zero attached hydrogens (tertiary/aromatic N) is 2. The van der Waals surface area contributed by atoms with E-state index < -0.39 is 0 Å². The Morgan fingerprint density at radius 3 is 2.89 bits per heavy atom. The zero-order chi connectivity index (χ0) is 18.8. The first kappa shape index (κ1) is 19.3. The summed E-state index contributed by atoms with van der Waals surface area (Å²) in [5, 5.41) is 4.20. The van der Waals surface area contributed by atoms with Crippen molar-refractivity contribution in [2.75, 3.05) is 20.2 Å². The molecule has 1 fully saturated rings. The lowest BCUT2D eigenvalue weighted by Crippen LogP contribution is -2.28. The number of aromatic nitrogens is 1. The van der Waals surface area contributed by atoms with Gasteiger partial charge in [0.2, 0.25) is 0 Å². The van der Waals surface area contributed by atoms with E-state index in [0.29, 0.717) is 5.92 Å². The van der Waals surface area contributed by atoms with Crippen LogP contribution in [0.3, 0.4) is 0 Å². The molecule has 4 nitrogen and oxygen atoms in total. The van der Waals surface area contributed by atoms with Crippen LogP contribution in [0.4, 0.5) is 0 Å². The molecule has 1 aliphatic heterocycles. The van der Waals surface area contributed by atoms with E-state index in [-0.39, 0.29) is 0 Å². The van der Waals surface area contributed by atoms with E-state index >= 15 is 0 Å². The number of halogens is 2. The summed E-state index contributed by atoms with van der Waals surface area (Å²) in [5.74, 6) is 0.421. The molecule has 1 aromatic heterocycles. The second kappa shape index (κ2) is 8.55. The van der Waals surface area contributed by atoms with Crippen molar-refractivity contribution in [3.05, 3.63) is 57.7 Å². The number of fused-ring (bicyclic) bond motifs is 2. The maximum atomic E-state index is 6.30. The van der Waals surface area contributed by atoms with Crippen molar-refractivity contribution in [2.24, 2.45) is 0 Å². The molecule has 4 rings (SSSR count). The van der Waals surface area contributed by atoms with Crippen molar-refractivity contribution >= 4 is 61.4 Å². The van der Waals surface area contributed by atoms with E-state index in [9.17, 15) is 0 Å². The van der Waals surface area contributed by atoms with Gasteiger partial charge in [-0.05, 0) is 52.5 Å². The minimum atomic E-state index is 0.421. The molecule has 0 bridgehead atoms. The predicted octanol–water partition coefficient (Wildman–Crippen LogP) is 6.41. The van der Waals surface area contributed by atoms with E-state index in [4.69, 9.17) is 25.8 Å². The first-order valence-electron chi connectivity index (χ1n) is 8.79. The third kappa shape index (κ3) is 4.06. The molecular formula is C20H19BrClN2O2S+. The molecule has 0 atom stereocenters. The van der Waals surface area contributed by atoms with Crippen molar-refractivity contribution in [3.8, 4) is 0 Å².